The van der Waals surface area contributed by atoms with Crippen molar-refractivity contribution >= 4 is 40.7 Å². The van der Waals surface area contributed by atoms with Crippen LogP contribution in [0.15, 0.2) is 79.4 Å². The third-order valence-electron chi connectivity index (χ3n) is 5.99. The first-order valence-electron chi connectivity index (χ1n) is 11.4. The van der Waals surface area contributed by atoms with Crippen LogP contribution in [-0.4, -0.2) is 34.0 Å². The molecule has 0 atom stereocenters. The number of rotatable bonds is 12. The average Bonchev–Trinajstić information content (AvgIpc) is 2.85. The van der Waals surface area contributed by atoms with E-state index in [1.165, 1.54) is 0 Å². The average molecular weight is 491 g/mol. The molecule has 8 heteroatoms. The number of allylic oxidation sites excluding steroid dienone is 1. The number of amides is 2. The minimum Gasteiger partial charge on any atom is -0.478 e. The lowest BCUT2D eigenvalue weighted by atomic mass is 9.71. The molecule has 0 aliphatic heterocycles. The monoisotopic (exact) mass is 490 g/mol. The molecule has 188 valence electrons. The molecule has 2 aromatic rings. The van der Waals surface area contributed by atoms with E-state index < -0.39 is 23.8 Å². The molecule has 8 nitrogen and oxygen atoms in total. The molecule has 0 saturated carbocycles. The van der Waals surface area contributed by atoms with Crippen LogP contribution in [-0.2, 0) is 24.6 Å². The molecule has 0 bridgehead atoms. The first kappa shape index (κ1) is 27.8. The zero-order valence-corrected chi connectivity index (χ0v) is 20.3. The van der Waals surface area contributed by atoms with Gasteiger partial charge < -0.3 is 20.8 Å². The van der Waals surface area contributed by atoms with Gasteiger partial charge in [-0.3, -0.25) is 9.59 Å². The van der Waals surface area contributed by atoms with Gasteiger partial charge in [-0.15, -0.1) is 0 Å². The summed E-state index contributed by atoms with van der Waals surface area (Å²) < 4.78 is 0. The van der Waals surface area contributed by atoms with Crippen molar-refractivity contribution in [2.45, 2.75) is 38.5 Å². The van der Waals surface area contributed by atoms with Crippen molar-refractivity contribution in [1.82, 2.24) is 0 Å². The number of carbonyl (C=O) groups is 4. The third-order valence-corrected chi connectivity index (χ3v) is 5.99. The third kappa shape index (κ3) is 8.09. The molecule has 0 fully saturated rings. The summed E-state index contributed by atoms with van der Waals surface area (Å²) in [5.41, 5.74) is 3.88. The second-order valence-corrected chi connectivity index (χ2v) is 8.24. The van der Waals surface area contributed by atoms with Crippen LogP contribution >= 0.6 is 0 Å². The van der Waals surface area contributed by atoms with Gasteiger partial charge in [-0.05, 0) is 65.6 Å². The van der Waals surface area contributed by atoms with Crippen molar-refractivity contribution < 1.29 is 29.4 Å². The van der Waals surface area contributed by atoms with Gasteiger partial charge in [0, 0.05) is 35.7 Å². The van der Waals surface area contributed by atoms with Crippen molar-refractivity contribution in [1.29, 1.82) is 0 Å². The van der Waals surface area contributed by atoms with E-state index in [0.717, 1.165) is 53.8 Å². The molecule has 4 N–H and O–H groups in total. The Kier molecular flexibility index (Phi) is 9.92. The molecule has 0 aromatic heterocycles. The molecule has 0 spiro atoms. The van der Waals surface area contributed by atoms with E-state index in [0.29, 0.717) is 17.8 Å². The van der Waals surface area contributed by atoms with Crippen molar-refractivity contribution in [3.05, 3.63) is 90.5 Å². The quantitative estimate of drug-likeness (QED) is 0.309. The van der Waals surface area contributed by atoms with E-state index in [1.54, 1.807) is 24.3 Å². The summed E-state index contributed by atoms with van der Waals surface area (Å²) in [5.74, 6) is -3.44. The maximum atomic E-state index is 11.8. The predicted octanol–water partition coefficient (Wildman–Crippen LogP) is 5.01. The largest absolute Gasteiger partial charge is 0.478 e. The van der Waals surface area contributed by atoms with Gasteiger partial charge in [0.1, 0.15) is 0 Å². The Labute approximate surface area is 210 Å². The topological polar surface area (TPSA) is 133 Å². The highest BCUT2D eigenvalue weighted by molar-refractivity contribution is 6.03. The summed E-state index contributed by atoms with van der Waals surface area (Å²) in [6.45, 7) is 8.52. The second-order valence-electron chi connectivity index (χ2n) is 8.24. The normalized spacial score (nSPS) is 11.4. The molecule has 0 saturated heterocycles. The molecule has 0 heterocycles. The standard InChI is InChI=1S/C28H30N2O6/c1-4-28(5-2,21-8-12-23(13-9-21)30-25(32)15-17-27(35)36)18-19(3)20-6-10-22(11-7-20)29-24(31)14-16-26(33)34/h6-17H,3-5,18H2,1-2H3,(H,29,31)(H,30,32)(H,33,34)(H,35,36)/b16-14-,17-15-. The minimum absolute atomic E-state index is 0.183. The molecular weight excluding hydrogens is 460 g/mol. The predicted molar refractivity (Wildman–Crippen MR) is 140 cm³/mol. The zero-order valence-electron chi connectivity index (χ0n) is 20.3. The summed E-state index contributed by atoms with van der Waals surface area (Å²) in [7, 11) is 0. The lowest BCUT2D eigenvalue weighted by Crippen LogP contribution is -2.25. The van der Waals surface area contributed by atoms with Crippen LogP contribution in [0.25, 0.3) is 5.57 Å². The van der Waals surface area contributed by atoms with Gasteiger partial charge in [0.2, 0.25) is 11.8 Å². The smallest absolute Gasteiger partial charge is 0.328 e. The van der Waals surface area contributed by atoms with Crippen molar-refractivity contribution in [2.24, 2.45) is 0 Å². The number of hydrogen-bond acceptors (Lipinski definition) is 4. The summed E-state index contributed by atoms with van der Waals surface area (Å²) in [4.78, 5) is 44.7. The first-order valence-corrected chi connectivity index (χ1v) is 11.4. The Morgan fingerprint density at radius 1 is 0.750 bits per heavy atom. The van der Waals surface area contributed by atoms with E-state index >= 15 is 0 Å². The Morgan fingerprint density at radius 2 is 1.17 bits per heavy atom. The van der Waals surface area contributed by atoms with Crippen LogP contribution in [0.5, 0.6) is 0 Å². The zero-order chi connectivity index (χ0) is 26.7. The molecule has 0 radical (unpaired) electrons. The maximum absolute atomic E-state index is 11.8. The number of hydrogen-bond donors (Lipinski definition) is 4. The van der Waals surface area contributed by atoms with Gasteiger partial charge in [-0.1, -0.05) is 44.7 Å². The fourth-order valence-electron chi connectivity index (χ4n) is 3.88. The number of aliphatic carboxylic acids is 2. The Balaban J connectivity index is 2.12. The first-order chi connectivity index (χ1) is 17.1. The molecule has 2 rings (SSSR count). The molecule has 0 aliphatic carbocycles. The summed E-state index contributed by atoms with van der Waals surface area (Å²) in [6, 6.07) is 14.7. The SMILES string of the molecule is C=C(CC(CC)(CC)c1ccc(NC(=O)/C=C\C(=O)O)cc1)c1ccc(NC(=O)/C=C\C(=O)O)cc1. The fraction of sp³-hybridized carbons (Fsp3) is 0.214. The maximum Gasteiger partial charge on any atom is 0.328 e. The van der Waals surface area contributed by atoms with Crippen molar-refractivity contribution in [2.75, 3.05) is 10.6 Å². The number of nitrogens with one attached hydrogen (secondary N) is 2. The minimum atomic E-state index is -1.19. The van der Waals surface area contributed by atoms with E-state index in [2.05, 4.69) is 31.1 Å². The highest BCUT2D eigenvalue weighted by atomic mass is 16.4. The fourth-order valence-corrected chi connectivity index (χ4v) is 3.88. The number of carboxylic acid groups (broad SMARTS) is 2. The Morgan fingerprint density at radius 3 is 1.56 bits per heavy atom. The van der Waals surface area contributed by atoms with Crippen LogP contribution < -0.4 is 10.6 Å². The van der Waals surface area contributed by atoms with E-state index in [1.807, 2.05) is 24.3 Å². The Hall–Kier alpha value is -4.46. The number of carboxylic acids is 2. The molecule has 0 unspecified atom stereocenters. The highest BCUT2D eigenvalue weighted by Crippen LogP contribution is 2.40. The summed E-state index contributed by atoms with van der Waals surface area (Å²) >= 11 is 0. The lowest BCUT2D eigenvalue weighted by Gasteiger charge is -2.33. The number of anilines is 2. The summed E-state index contributed by atoms with van der Waals surface area (Å²) in [5, 5.41) is 22.5. The molecular formula is C28H30N2O6. The highest BCUT2D eigenvalue weighted by Gasteiger charge is 2.29. The van der Waals surface area contributed by atoms with Gasteiger partial charge >= 0.3 is 11.9 Å². The molecule has 0 aliphatic rings. The second kappa shape index (κ2) is 12.9. The van der Waals surface area contributed by atoms with Gasteiger partial charge in [0.25, 0.3) is 0 Å². The van der Waals surface area contributed by atoms with Crippen LogP contribution in [0.1, 0.15) is 44.2 Å². The van der Waals surface area contributed by atoms with Crippen molar-refractivity contribution in [3.63, 3.8) is 0 Å². The summed E-state index contributed by atoms with van der Waals surface area (Å²) in [6.07, 6.45) is 5.89. The van der Waals surface area contributed by atoms with Gasteiger partial charge in [-0.2, -0.15) is 0 Å². The van der Waals surface area contributed by atoms with Gasteiger partial charge in [0.15, 0.2) is 0 Å². The van der Waals surface area contributed by atoms with E-state index in [9.17, 15) is 19.2 Å². The Bertz CT molecular complexity index is 1170. The van der Waals surface area contributed by atoms with Crippen LogP contribution in [0.3, 0.4) is 0 Å². The number of carbonyl (C=O) groups excluding carboxylic acids is 2. The van der Waals surface area contributed by atoms with Crippen LogP contribution in [0, 0.1) is 0 Å². The molecule has 36 heavy (non-hydrogen) atoms. The van der Waals surface area contributed by atoms with Crippen molar-refractivity contribution in [3.8, 4) is 0 Å². The van der Waals surface area contributed by atoms with Crippen LogP contribution in [0.2, 0.25) is 0 Å². The number of benzene rings is 2. The van der Waals surface area contributed by atoms with E-state index in [-0.39, 0.29) is 5.41 Å². The van der Waals surface area contributed by atoms with Gasteiger partial charge in [0.05, 0.1) is 0 Å². The molecule has 2 amide bonds. The molecule has 2 aromatic carbocycles. The van der Waals surface area contributed by atoms with Crippen LogP contribution in [0.4, 0.5) is 11.4 Å². The lowest BCUT2D eigenvalue weighted by molar-refractivity contribution is -0.132. The van der Waals surface area contributed by atoms with Gasteiger partial charge in [-0.25, -0.2) is 9.59 Å². The van der Waals surface area contributed by atoms with E-state index in [4.69, 9.17) is 10.2 Å².